The highest BCUT2D eigenvalue weighted by Gasteiger charge is 2.23. The number of methoxy groups -OCH3 is 2. The molecule has 0 unspecified atom stereocenters. The Balaban J connectivity index is 1.37. The van der Waals surface area contributed by atoms with Crippen LogP contribution in [-0.4, -0.2) is 77.6 Å². The summed E-state index contributed by atoms with van der Waals surface area (Å²) in [6.45, 7) is 7.88. The third kappa shape index (κ3) is 10.3. The van der Waals surface area contributed by atoms with Crippen molar-refractivity contribution in [3.63, 3.8) is 0 Å². The summed E-state index contributed by atoms with van der Waals surface area (Å²) in [7, 11) is -4.02. The molecule has 0 bridgehead atoms. The topological polar surface area (TPSA) is 195 Å². The molecular formula is C39H44N6O8S2. The van der Waals surface area contributed by atoms with Crippen molar-refractivity contribution in [3.8, 4) is 22.6 Å². The highest BCUT2D eigenvalue weighted by Crippen LogP contribution is 2.39. The van der Waals surface area contributed by atoms with Crippen LogP contribution >= 0.6 is 0 Å². The molecule has 55 heavy (non-hydrogen) atoms. The SMILES string of the molecule is COc1cc(Nc2ncc3cc(-c4cc(C(=O)Nc5cc(C(C)(C)C)cc(NS(C)(=O)=O)c5OC)ccc4C)ccc3n2)ccc1C(=O)NCCS(C)(=O)=O. The van der Waals surface area contributed by atoms with Gasteiger partial charge in [-0.15, -0.1) is 0 Å². The number of ether oxygens (including phenoxy) is 2. The van der Waals surface area contributed by atoms with Gasteiger partial charge in [0.05, 0.1) is 48.7 Å². The van der Waals surface area contributed by atoms with Crippen LogP contribution in [0.4, 0.5) is 23.0 Å². The van der Waals surface area contributed by atoms with Gasteiger partial charge in [-0.3, -0.25) is 14.3 Å². The average Bonchev–Trinajstić information content (AvgIpc) is 3.09. The number of carbonyl (C=O) groups is 2. The maximum atomic E-state index is 13.7. The van der Waals surface area contributed by atoms with Gasteiger partial charge in [-0.2, -0.15) is 0 Å². The lowest BCUT2D eigenvalue weighted by Gasteiger charge is -2.24. The molecule has 5 aromatic rings. The molecular weight excluding hydrogens is 745 g/mol. The van der Waals surface area contributed by atoms with Crippen molar-refractivity contribution in [1.82, 2.24) is 15.3 Å². The summed E-state index contributed by atoms with van der Waals surface area (Å²) in [5, 5.41) is 9.40. The van der Waals surface area contributed by atoms with Crippen molar-refractivity contribution < 1.29 is 35.9 Å². The molecule has 4 N–H and O–H groups in total. The molecule has 0 saturated carbocycles. The highest BCUT2D eigenvalue weighted by atomic mass is 32.2. The third-order valence-corrected chi connectivity index (χ3v) is 10.1. The molecule has 0 aliphatic rings. The number of benzene rings is 4. The monoisotopic (exact) mass is 788 g/mol. The zero-order chi connectivity index (χ0) is 40.3. The normalized spacial score (nSPS) is 11.9. The molecule has 14 nitrogen and oxygen atoms in total. The summed E-state index contributed by atoms with van der Waals surface area (Å²) < 4.78 is 60.6. The number of fused-ring (bicyclic) bond motifs is 1. The van der Waals surface area contributed by atoms with E-state index < -0.39 is 31.7 Å². The number of amides is 2. The number of sulfone groups is 1. The maximum Gasteiger partial charge on any atom is 0.255 e. The van der Waals surface area contributed by atoms with Gasteiger partial charge in [0.25, 0.3) is 11.8 Å². The minimum Gasteiger partial charge on any atom is -0.496 e. The first-order chi connectivity index (χ1) is 25.7. The number of hydrogen-bond acceptors (Lipinski definition) is 11. The van der Waals surface area contributed by atoms with Gasteiger partial charge in [0.1, 0.15) is 15.6 Å². The van der Waals surface area contributed by atoms with Gasteiger partial charge in [0.2, 0.25) is 16.0 Å². The van der Waals surface area contributed by atoms with Crippen LogP contribution in [0.1, 0.15) is 52.6 Å². The van der Waals surface area contributed by atoms with E-state index in [0.717, 1.165) is 40.2 Å². The molecule has 1 heterocycles. The molecule has 0 atom stereocenters. The van der Waals surface area contributed by atoms with Crippen molar-refractivity contribution >= 4 is 65.6 Å². The summed E-state index contributed by atoms with van der Waals surface area (Å²) in [6.07, 6.45) is 3.83. The Morgan fingerprint density at radius 2 is 1.56 bits per heavy atom. The Hall–Kier alpha value is -5.74. The summed E-state index contributed by atoms with van der Waals surface area (Å²) in [6, 6.07) is 19.4. The van der Waals surface area contributed by atoms with Crippen LogP contribution in [0.25, 0.3) is 22.0 Å². The number of aryl methyl sites for hydroxylation is 1. The lowest BCUT2D eigenvalue weighted by Crippen LogP contribution is -2.29. The number of rotatable bonds is 13. The molecule has 0 aliphatic carbocycles. The number of hydrogen-bond donors (Lipinski definition) is 4. The minimum absolute atomic E-state index is 0.0223. The summed E-state index contributed by atoms with van der Waals surface area (Å²) in [4.78, 5) is 35.5. The van der Waals surface area contributed by atoms with Crippen molar-refractivity contribution in [3.05, 3.63) is 95.2 Å². The largest absolute Gasteiger partial charge is 0.496 e. The van der Waals surface area contributed by atoms with Gasteiger partial charge in [-0.1, -0.05) is 32.9 Å². The average molecular weight is 789 g/mol. The predicted molar refractivity (Wildman–Crippen MR) is 216 cm³/mol. The van der Waals surface area contributed by atoms with E-state index in [1.807, 2.05) is 52.0 Å². The Kier molecular flexibility index (Phi) is 11.7. The summed E-state index contributed by atoms with van der Waals surface area (Å²) in [5.74, 6) is -0.272. The van der Waals surface area contributed by atoms with Gasteiger partial charge in [0.15, 0.2) is 5.75 Å². The van der Waals surface area contributed by atoms with Crippen LogP contribution in [0.15, 0.2) is 72.9 Å². The van der Waals surface area contributed by atoms with E-state index in [9.17, 15) is 26.4 Å². The van der Waals surface area contributed by atoms with Crippen molar-refractivity contribution in [2.45, 2.75) is 33.1 Å². The Morgan fingerprint density at radius 3 is 2.22 bits per heavy atom. The Labute approximate surface area is 321 Å². The fraction of sp³-hybridized carbons (Fsp3) is 0.282. The van der Waals surface area contributed by atoms with Crippen LogP contribution in [0.2, 0.25) is 0 Å². The van der Waals surface area contributed by atoms with E-state index in [2.05, 4.69) is 30.6 Å². The molecule has 5 rings (SSSR count). The van der Waals surface area contributed by atoms with Gasteiger partial charge in [-0.25, -0.2) is 26.8 Å². The summed E-state index contributed by atoms with van der Waals surface area (Å²) >= 11 is 0. The number of anilines is 4. The molecule has 0 aliphatic heterocycles. The van der Waals surface area contributed by atoms with Gasteiger partial charge >= 0.3 is 0 Å². The maximum absolute atomic E-state index is 13.7. The highest BCUT2D eigenvalue weighted by molar-refractivity contribution is 7.92. The van der Waals surface area contributed by atoms with Crippen LogP contribution < -0.4 is 30.1 Å². The van der Waals surface area contributed by atoms with Crippen LogP contribution in [0.3, 0.4) is 0 Å². The van der Waals surface area contributed by atoms with E-state index in [0.29, 0.717) is 28.4 Å². The summed E-state index contributed by atoms with van der Waals surface area (Å²) in [5.41, 5.74) is 5.41. The number of carbonyl (C=O) groups excluding carboxylic acids is 2. The first-order valence-electron chi connectivity index (χ1n) is 17.0. The number of nitrogens with zero attached hydrogens (tertiary/aromatic N) is 2. The van der Waals surface area contributed by atoms with E-state index in [4.69, 9.17) is 9.47 Å². The number of nitrogens with one attached hydrogen (secondary N) is 4. The molecule has 0 saturated heterocycles. The second-order valence-electron chi connectivity index (χ2n) is 14.1. The van der Waals surface area contributed by atoms with E-state index in [1.54, 1.807) is 48.7 Å². The second-order valence-corrected chi connectivity index (χ2v) is 18.1. The van der Waals surface area contributed by atoms with E-state index in [1.165, 1.54) is 14.2 Å². The third-order valence-electron chi connectivity index (χ3n) is 8.55. The molecule has 2 amide bonds. The van der Waals surface area contributed by atoms with Crippen LogP contribution in [0, 0.1) is 6.92 Å². The predicted octanol–water partition coefficient (Wildman–Crippen LogP) is 6.06. The first-order valence-corrected chi connectivity index (χ1v) is 21.0. The Bertz CT molecular complexity index is 2520. The van der Waals surface area contributed by atoms with Crippen LogP contribution in [-0.2, 0) is 25.3 Å². The lowest BCUT2D eigenvalue weighted by atomic mass is 9.86. The zero-order valence-electron chi connectivity index (χ0n) is 31.8. The van der Waals surface area contributed by atoms with Crippen molar-refractivity contribution in [2.24, 2.45) is 0 Å². The molecule has 1 aromatic heterocycles. The van der Waals surface area contributed by atoms with Crippen molar-refractivity contribution in [2.75, 3.05) is 54.4 Å². The fourth-order valence-corrected chi connectivity index (χ4v) is 6.73. The molecule has 0 fully saturated rings. The molecule has 16 heteroatoms. The quantitative estimate of drug-likeness (QED) is 0.108. The molecule has 0 spiro atoms. The van der Waals surface area contributed by atoms with Crippen molar-refractivity contribution in [1.29, 1.82) is 0 Å². The van der Waals surface area contributed by atoms with Gasteiger partial charge < -0.3 is 25.4 Å². The lowest BCUT2D eigenvalue weighted by molar-refractivity contribution is 0.0952. The molecule has 0 radical (unpaired) electrons. The molecule has 4 aromatic carbocycles. The second kappa shape index (κ2) is 15.9. The van der Waals surface area contributed by atoms with Gasteiger partial charge in [0, 0.05) is 41.7 Å². The van der Waals surface area contributed by atoms with E-state index >= 15 is 0 Å². The smallest absolute Gasteiger partial charge is 0.255 e. The number of aromatic nitrogens is 2. The molecule has 290 valence electrons. The minimum atomic E-state index is -3.64. The van der Waals surface area contributed by atoms with Crippen LogP contribution in [0.5, 0.6) is 11.5 Å². The Morgan fingerprint density at radius 1 is 0.836 bits per heavy atom. The number of sulfonamides is 1. The zero-order valence-corrected chi connectivity index (χ0v) is 33.5. The standard InChI is InChI=1S/C39H44N6O8S2/c1-23-9-10-25(36(46)43-32-19-27(39(2,3)4)20-33(35(32)53-6)45-55(8,50)51)18-30(23)24-11-14-31-26(17-24)22-41-38(44-31)42-28-12-13-29(34(21-28)52-5)37(47)40-15-16-54(7,48)49/h9-14,17-22,45H,15-16H2,1-8H3,(H,40,47)(H,43,46)(H,41,42,44). The van der Waals surface area contributed by atoms with Gasteiger partial charge in [-0.05, 0) is 83.1 Å². The van der Waals surface area contributed by atoms with E-state index in [-0.39, 0.29) is 40.5 Å². The first kappa shape index (κ1) is 40.4. The fourth-order valence-electron chi connectivity index (χ4n) is 5.71.